The summed E-state index contributed by atoms with van der Waals surface area (Å²) in [4.78, 5) is 25.6. The molecule has 0 bridgehead atoms. The van der Waals surface area contributed by atoms with E-state index in [4.69, 9.17) is 17.3 Å². The third kappa shape index (κ3) is 5.02. The number of rotatable bonds is 6. The molecule has 5 nitrogen and oxygen atoms in total. The summed E-state index contributed by atoms with van der Waals surface area (Å²) in [5, 5.41) is 3.22. The predicted molar refractivity (Wildman–Crippen MR) is 85.6 cm³/mol. The molecule has 0 heterocycles. The highest BCUT2D eigenvalue weighted by Gasteiger charge is 2.17. The quantitative estimate of drug-likeness (QED) is 0.846. The zero-order valence-electron chi connectivity index (χ0n) is 12.6. The molecule has 0 spiro atoms. The Bertz CT molecular complexity index is 514. The smallest absolute Gasteiger partial charge is 0.255 e. The van der Waals surface area contributed by atoms with Crippen molar-refractivity contribution < 1.29 is 9.59 Å². The van der Waals surface area contributed by atoms with Crippen LogP contribution < -0.4 is 11.1 Å². The summed E-state index contributed by atoms with van der Waals surface area (Å²) in [6, 6.07) is 4.82. The Hall–Kier alpha value is -1.59. The molecule has 0 saturated heterocycles. The van der Waals surface area contributed by atoms with Crippen LogP contribution >= 0.6 is 11.6 Å². The van der Waals surface area contributed by atoms with Gasteiger partial charge in [-0.2, -0.15) is 0 Å². The number of carbonyl (C=O) groups excluding carboxylic acids is 2. The lowest BCUT2D eigenvalue weighted by Gasteiger charge is -2.16. The van der Waals surface area contributed by atoms with Crippen LogP contribution in [0.25, 0.3) is 0 Å². The van der Waals surface area contributed by atoms with Crippen LogP contribution in [0.5, 0.6) is 0 Å². The highest BCUT2D eigenvalue weighted by Crippen LogP contribution is 2.23. The van der Waals surface area contributed by atoms with Crippen molar-refractivity contribution in [1.82, 2.24) is 4.90 Å². The molecule has 2 amide bonds. The highest BCUT2D eigenvalue weighted by molar-refractivity contribution is 6.31. The Kier molecular flexibility index (Phi) is 6.65. The van der Waals surface area contributed by atoms with Crippen molar-refractivity contribution in [3.63, 3.8) is 0 Å². The van der Waals surface area contributed by atoms with Crippen molar-refractivity contribution in [1.29, 1.82) is 0 Å². The molecule has 0 aliphatic carbocycles. The molecule has 1 aromatic rings. The number of benzene rings is 1. The van der Waals surface area contributed by atoms with Gasteiger partial charge in [0.05, 0.1) is 11.3 Å². The van der Waals surface area contributed by atoms with Crippen molar-refractivity contribution >= 4 is 29.1 Å². The van der Waals surface area contributed by atoms with Crippen molar-refractivity contribution in [3.05, 3.63) is 28.8 Å². The second-order valence-corrected chi connectivity index (χ2v) is 5.59. The number of anilines is 1. The van der Waals surface area contributed by atoms with E-state index in [0.717, 1.165) is 6.42 Å². The van der Waals surface area contributed by atoms with Crippen molar-refractivity contribution in [2.75, 3.05) is 26.0 Å². The van der Waals surface area contributed by atoms with Gasteiger partial charge in [-0.25, -0.2) is 0 Å². The first kappa shape index (κ1) is 17.5. The van der Waals surface area contributed by atoms with Gasteiger partial charge in [0.15, 0.2) is 0 Å². The molecule has 1 aromatic carbocycles. The SMILES string of the molecule is CCC(CN)CC(=O)Nc1cc(Cl)ccc1C(=O)N(C)C. The Labute approximate surface area is 130 Å². The second kappa shape index (κ2) is 8.00. The van der Waals surface area contributed by atoms with E-state index >= 15 is 0 Å². The fourth-order valence-corrected chi connectivity index (χ4v) is 2.08. The minimum atomic E-state index is -0.187. The standard InChI is InChI=1S/C15H22ClN3O2/c1-4-10(9-17)7-14(20)18-13-8-11(16)5-6-12(13)15(21)19(2)3/h5-6,8,10H,4,7,9,17H2,1-3H3,(H,18,20). The third-order valence-electron chi connectivity index (χ3n) is 3.28. The molecule has 6 heteroatoms. The van der Waals surface area contributed by atoms with E-state index in [2.05, 4.69) is 5.32 Å². The van der Waals surface area contributed by atoms with Gasteiger partial charge in [0, 0.05) is 25.5 Å². The van der Waals surface area contributed by atoms with E-state index in [-0.39, 0.29) is 17.7 Å². The van der Waals surface area contributed by atoms with Crippen molar-refractivity contribution in [2.45, 2.75) is 19.8 Å². The van der Waals surface area contributed by atoms with Gasteiger partial charge >= 0.3 is 0 Å². The van der Waals surface area contributed by atoms with Crippen LogP contribution in [0.3, 0.4) is 0 Å². The van der Waals surface area contributed by atoms with Gasteiger partial charge in [-0.3, -0.25) is 9.59 Å². The molecule has 1 atom stereocenters. The normalized spacial score (nSPS) is 11.9. The summed E-state index contributed by atoms with van der Waals surface area (Å²) in [7, 11) is 3.31. The first-order valence-corrected chi connectivity index (χ1v) is 7.27. The number of halogens is 1. The lowest BCUT2D eigenvalue weighted by molar-refractivity contribution is -0.117. The summed E-state index contributed by atoms with van der Waals surface area (Å²) >= 11 is 5.95. The topological polar surface area (TPSA) is 75.4 Å². The zero-order chi connectivity index (χ0) is 16.0. The average Bonchev–Trinajstić information content (AvgIpc) is 2.44. The van der Waals surface area contributed by atoms with Crippen LogP contribution in [0.15, 0.2) is 18.2 Å². The Balaban J connectivity index is 2.93. The highest BCUT2D eigenvalue weighted by atomic mass is 35.5. The molecular formula is C15H22ClN3O2. The van der Waals surface area contributed by atoms with Gasteiger partial charge in [0.2, 0.25) is 5.91 Å². The molecule has 0 radical (unpaired) electrons. The van der Waals surface area contributed by atoms with E-state index in [1.807, 2.05) is 6.92 Å². The first-order chi connectivity index (χ1) is 9.88. The lowest BCUT2D eigenvalue weighted by Crippen LogP contribution is -2.25. The van der Waals surface area contributed by atoms with E-state index < -0.39 is 0 Å². The van der Waals surface area contributed by atoms with E-state index in [1.54, 1.807) is 32.3 Å². The molecule has 0 saturated carbocycles. The summed E-state index contributed by atoms with van der Waals surface area (Å²) < 4.78 is 0. The Morgan fingerprint density at radius 3 is 2.57 bits per heavy atom. The largest absolute Gasteiger partial charge is 0.345 e. The number of nitrogens with zero attached hydrogens (tertiary/aromatic N) is 1. The number of carbonyl (C=O) groups is 2. The van der Waals surface area contributed by atoms with Crippen LogP contribution in [0.4, 0.5) is 5.69 Å². The molecule has 0 aromatic heterocycles. The fraction of sp³-hybridized carbons (Fsp3) is 0.467. The number of hydrogen-bond acceptors (Lipinski definition) is 3. The number of nitrogens with two attached hydrogens (primary N) is 1. The molecule has 21 heavy (non-hydrogen) atoms. The maximum atomic E-state index is 12.1. The first-order valence-electron chi connectivity index (χ1n) is 6.90. The minimum Gasteiger partial charge on any atom is -0.345 e. The third-order valence-corrected chi connectivity index (χ3v) is 3.51. The number of hydrogen-bond donors (Lipinski definition) is 2. The molecular weight excluding hydrogens is 290 g/mol. The fourth-order valence-electron chi connectivity index (χ4n) is 1.91. The van der Waals surface area contributed by atoms with Crippen molar-refractivity contribution in [3.8, 4) is 0 Å². The molecule has 3 N–H and O–H groups in total. The maximum absolute atomic E-state index is 12.1. The van der Waals surface area contributed by atoms with Crippen LogP contribution in [0, 0.1) is 5.92 Å². The molecule has 0 aliphatic rings. The summed E-state index contributed by atoms with van der Waals surface area (Å²) in [6.07, 6.45) is 1.16. The summed E-state index contributed by atoms with van der Waals surface area (Å²) in [5.74, 6) is -0.215. The molecule has 1 unspecified atom stereocenters. The molecule has 116 valence electrons. The number of amides is 2. The molecule has 0 fully saturated rings. The minimum absolute atomic E-state index is 0.136. The number of nitrogens with one attached hydrogen (secondary N) is 1. The van der Waals surface area contributed by atoms with Gasteiger partial charge in [0.1, 0.15) is 0 Å². The summed E-state index contributed by atoms with van der Waals surface area (Å²) in [5.41, 5.74) is 6.45. The molecule has 1 rings (SSSR count). The predicted octanol–water partition coefficient (Wildman–Crippen LogP) is 2.36. The monoisotopic (exact) mass is 311 g/mol. The van der Waals surface area contributed by atoms with E-state index in [1.165, 1.54) is 4.90 Å². The summed E-state index contributed by atoms with van der Waals surface area (Å²) in [6.45, 7) is 2.45. The second-order valence-electron chi connectivity index (χ2n) is 5.15. The van der Waals surface area contributed by atoms with Gasteiger partial charge < -0.3 is 16.0 Å². The van der Waals surface area contributed by atoms with Crippen LogP contribution in [-0.2, 0) is 4.79 Å². The van der Waals surface area contributed by atoms with Crippen molar-refractivity contribution in [2.24, 2.45) is 11.7 Å². The Morgan fingerprint density at radius 2 is 2.05 bits per heavy atom. The molecule has 0 aliphatic heterocycles. The van der Waals surface area contributed by atoms with Gasteiger partial charge in [-0.1, -0.05) is 24.9 Å². The Morgan fingerprint density at radius 1 is 1.38 bits per heavy atom. The lowest BCUT2D eigenvalue weighted by atomic mass is 10.0. The van der Waals surface area contributed by atoms with Gasteiger partial charge in [-0.05, 0) is 30.7 Å². The average molecular weight is 312 g/mol. The van der Waals surface area contributed by atoms with E-state index in [9.17, 15) is 9.59 Å². The van der Waals surface area contributed by atoms with E-state index in [0.29, 0.717) is 29.2 Å². The van der Waals surface area contributed by atoms with Crippen LogP contribution in [0.1, 0.15) is 30.1 Å². The maximum Gasteiger partial charge on any atom is 0.255 e. The van der Waals surface area contributed by atoms with Crippen LogP contribution in [-0.4, -0.2) is 37.4 Å². The van der Waals surface area contributed by atoms with Gasteiger partial charge in [0.25, 0.3) is 5.91 Å². The van der Waals surface area contributed by atoms with Crippen LogP contribution in [0.2, 0.25) is 5.02 Å². The zero-order valence-corrected chi connectivity index (χ0v) is 13.4. The van der Waals surface area contributed by atoms with Gasteiger partial charge in [-0.15, -0.1) is 0 Å².